The summed E-state index contributed by atoms with van der Waals surface area (Å²) >= 11 is 3.29. The predicted molar refractivity (Wildman–Crippen MR) is 98.3 cm³/mol. The van der Waals surface area contributed by atoms with E-state index in [2.05, 4.69) is 20.7 Å². The van der Waals surface area contributed by atoms with Gasteiger partial charge in [0.1, 0.15) is 4.90 Å². The Labute approximate surface area is 149 Å². The van der Waals surface area contributed by atoms with Crippen molar-refractivity contribution in [1.82, 2.24) is 0 Å². The molecule has 0 saturated carbocycles. The number of benzene rings is 2. The maximum atomic E-state index is 12.2. The van der Waals surface area contributed by atoms with Crippen molar-refractivity contribution in [3.8, 4) is 0 Å². The van der Waals surface area contributed by atoms with Gasteiger partial charge in [-0.1, -0.05) is 34.1 Å². The first kappa shape index (κ1) is 18.7. The molecule has 2 rings (SSSR count). The van der Waals surface area contributed by atoms with Gasteiger partial charge in [0.05, 0.1) is 11.1 Å². The predicted octanol–water partition coefficient (Wildman–Crippen LogP) is 2.82. The van der Waals surface area contributed by atoms with Gasteiger partial charge in [0, 0.05) is 4.47 Å². The van der Waals surface area contributed by atoms with Crippen molar-refractivity contribution in [1.29, 1.82) is 0 Å². The number of aryl methyl sites for hydroxylation is 1. The minimum atomic E-state index is -4.06. The molecule has 2 aromatic rings. The van der Waals surface area contributed by atoms with Gasteiger partial charge >= 0.3 is 0 Å². The number of primary sulfonamides is 1. The molecule has 0 saturated heterocycles. The van der Waals surface area contributed by atoms with E-state index in [4.69, 9.17) is 5.14 Å². The molecular weight excluding hydrogens is 416 g/mol. The Hall–Kier alpha value is -1.68. The first-order valence-electron chi connectivity index (χ1n) is 6.67. The van der Waals surface area contributed by atoms with Crippen LogP contribution in [0.5, 0.6) is 0 Å². The molecule has 0 amide bonds. The second kappa shape index (κ2) is 7.06. The summed E-state index contributed by atoms with van der Waals surface area (Å²) in [5.74, 6) is 0. The van der Waals surface area contributed by atoms with E-state index in [0.29, 0.717) is 11.1 Å². The molecular formula is C15H15BrN2O4S2. The molecule has 0 aromatic heterocycles. The quantitative estimate of drug-likeness (QED) is 0.759. The van der Waals surface area contributed by atoms with Crippen molar-refractivity contribution < 1.29 is 16.8 Å². The average Bonchev–Trinajstić information content (AvgIpc) is 2.47. The molecule has 0 fully saturated rings. The third-order valence-electron chi connectivity index (χ3n) is 3.01. The summed E-state index contributed by atoms with van der Waals surface area (Å²) in [5.41, 5.74) is 1.23. The van der Waals surface area contributed by atoms with Gasteiger partial charge in [0.25, 0.3) is 10.0 Å². The van der Waals surface area contributed by atoms with Crippen LogP contribution in [0.15, 0.2) is 57.2 Å². The largest absolute Gasteiger partial charge is 0.279 e. The molecule has 0 heterocycles. The summed E-state index contributed by atoms with van der Waals surface area (Å²) in [6, 6.07) is 11.3. The summed E-state index contributed by atoms with van der Waals surface area (Å²) in [7, 11) is -7.96. The Morgan fingerprint density at radius 3 is 2.25 bits per heavy atom. The van der Waals surface area contributed by atoms with Gasteiger partial charge in [0.2, 0.25) is 10.0 Å². The molecule has 0 bridgehead atoms. The first-order chi connectivity index (χ1) is 11.1. The Balaban J connectivity index is 2.31. The van der Waals surface area contributed by atoms with Crippen LogP contribution in [0.1, 0.15) is 11.1 Å². The van der Waals surface area contributed by atoms with Crippen LogP contribution in [-0.2, 0) is 20.0 Å². The Kier molecular flexibility index (Phi) is 5.49. The van der Waals surface area contributed by atoms with Crippen molar-refractivity contribution in [2.75, 3.05) is 4.72 Å². The zero-order chi connectivity index (χ0) is 18.0. The summed E-state index contributed by atoms with van der Waals surface area (Å²) in [5, 5.41) is 6.10. The minimum absolute atomic E-state index is 0.0939. The maximum absolute atomic E-state index is 12.2. The zero-order valence-corrected chi connectivity index (χ0v) is 15.8. The van der Waals surface area contributed by atoms with Gasteiger partial charge in [-0.3, -0.25) is 4.72 Å². The Morgan fingerprint density at radius 2 is 1.67 bits per heavy atom. The second-order valence-corrected chi connectivity index (χ2v) is 9.06. The number of nitrogens with one attached hydrogen (secondary N) is 1. The number of rotatable bonds is 5. The van der Waals surface area contributed by atoms with Gasteiger partial charge in [-0.25, -0.2) is 22.0 Å². The van der Waals surface area contributed by atoms with E-state index in [1.54, 1.807) is 37.3 Å². The highest BCUT2D eigenvalue weighted by Gasteiger charge is 2.17. The standard InChI is InChI=1S/C15H15BrN2O4S2/c1-11-2-7-14(15(10-11)24(17,21)22)18-23(19,20)9-8-12-3-5-13(16)6-4-12/h2-10,18H,1H3,(H2,17,21,22). The van der Waals surface area contributed by atoms with Crippen LogP contribution in [0.2, 0.25) is 0 Å². The summed E-state index contributed by atoms with van der Waals surface area (Å²) in [4.78, 5) is -0.275. The maximum Gasteiger partial charge on any atom is 0.255 e. The van der Waals surface area contributed by atoms with Gasteiger partial charge in [0.15, 0.2) is 0 Å². The number of sulfonamides is 2. The lowest BCUT2D eigenvalue weighted by Gasteiger charge is -2.10. The van der Waals surface area contributed by atoms with Gasteiger partial charge < -0.3 is 0 Å². The molecule has 0 unspecified atom stereocenters. The van der Waals surface area contributed by atoms with E-state index in [1.165, 1.54) is 18.2 Å². The number of halogens is 1. The topological polar surface area (TPSA) is 106 Å². The van der Waals surface area contributed by atoms with E-state index >= 15 is 0 Å². The number of hydrogen-bond donors (Lipinski definition) is 2. The first-order valence-corrected chi connectivity index (χ1v) is 10.6. The minimum Gasteiger partial charge on any atom is -0.279 e. The van der Waals surface area contributed by atoms with Gasteiger partial charge in [-0.05, 0) is 48.4 Å². The second-order valence-electron chi connectivity index (χ2n) is 5.05. The zero-order valence-electron chi connectivity index (χ0n) is 12.6. The molecule has 2 aromatic carbocycles. The van der Waals surface area contributed by atoms with Crippen molar-refractivity contribution in [2.45, 2.75) is 11.8 Å². The summed E-state index contributed by atoms with van der Waals surface area (Å²) in [6.07, 6.45) is 1.40. The van der Waals surface area contributed by atoms with Crippen molar-refractivity contribution >= 4 is 47.7 Å². The van der Waals surface area contributed by atoms with Gasteiger partial charge in [-0.15, -0.1) is 0 Å². The highest BCUT2D eigenvalue weighted by Crippen LogP contribution is 2.23. The molecule has 3 N–H and O–H groups in total. The monoisotopic (exact) mass is 430 g/mol. The molecule has 6 nitrogen and oxygen atoms in total. The SMILES string of the molecule is Cc1ccc(NS(=O)(=O)C=Cc2ccc(Br)cc2)c(S(N)(=O)=O)c1. The molecule has 0 atom stereocenters. The molecule has 0 aliphatic heterocycles. The summed E-state index contributed by atoms with van der Waals surface area (Å²) < 4.78 is 50.7. The Bertz CT molecular complexity index is 983. The van der Waals surface area contributed by atoms with E-state index in [1.807, 2.05) is 0 Å². The van der Waals surface area contributed by atoms with Crippen LogP contribution in [0.25, 0.3) is 6.08 Å². The highest BCUT2D eigenvalue weighted by molar-refractivity contribution is 9.10. The van der Waals surface area contributed by atoms with Crippen molar-refractivity contribution in [2.24, 2.45) is 5.14 Å². The van der Waals surface area contributed by atoms with Gasteiger partial charge in [-0.2, -0.15) is 0 Å². The molecule has 0 aliphatic rings. The molecule has 0 aliphatic carbocycles. The highest BCUT2D eigenvalue weighted by atomic mass is 79.9. The molecule has 9 heteroatoms. The normalized spacial score (nSPS) is 12.5. The average molecular weight is 431 g/mol. The lowest BCUT2D eigenvalue weighted by atomic mass is 10.2. The van der Waals surface area contributed by atoms with Crippen molar-refractivity contribution in [3.05, 3.63) is 63.5 Å². The van der Waals surface area contributed by atoms with Crippen LogP contribution < -0.4 is 9.86 Å². The Morgan fingerprint density at radius 1 is 1.04 bits per heavy atom. The van der Waals surface area contributed by atoms with E-state index in [9.17, 15) is 16.8 Å². The third-order valence-corrected chi connectivity index (χ3v) is 5.48. The van der Waals surface area contributed by atoms with Crippen LogP contribution in [0.3, 0.4) is 0 Å². The van der Waals surface area contributed by atoms with E-state index < -0.39 is 20.0 Å². The molecule has 128 valence electrons. The fraction of sp³-hybridized carbons (Fsp3) is 0.0667. The number of hydrogen-bond acceptors (Lipinski definition) is 4. The van der Waals surface area contributed by atoms with Crippen LogP contribution in [0, 0.1) is 6.92 Å². The molecule has 0 spiro atoms. The fourth-order valence-electron chi connectivity index (χ4n) is 1.88. The van der Waals surface area contributed by atoms with E-state index in [0.717, 1.165) is 9.88 Å². The third kappa shape index (κ3) is 5.17. The fourth-order valence-corrected chi connectivity index (χ4v) is 3.87. The smallest absolute Gasteiger partial charge is 0.255 e. The van der Waals surface area contributed by atoms with Crippen LogP contribution >= 0.6 is 15.9 Å². The molecule has 0 radical (unpaired) electrons. The molecule has 24 heavy (non-hydrogen) atoms. The summed E-state index contributed by atoms with van der Waals surface area (Å²) in [6.45, 7) is 1.68. The lowest BCUT2D eigenvalue weighted by molar-refractivity contribution is 0.598. The number of anilines is 1. The number of nitrogens with two attached hydrogens (primary N) is 1. The lowest BCUT2D eigenvalue weighted by Crippen LogP contribution is -2.17. The van der Waals surface area contributed by atoms with Crippen LogP contribution in [0.4, 0.5) is 5.69 Å². The van der Waals surface area contributed by atoms with E-state index in [-0.39, 0.29) is 10.6 Å². The van der Waals surface area contributed by atoms with Crippen LogP contribution in [-0.4, -0.2) is 16.8 Å². The van der Waals surface area contributed by atoms with Crippen molar-refractivity contribution in [3.63, 3.8) is 0 Å².